The number of H-pyrrole nitrogens is 1. The number of carboxylic acids is 1. The number of benzene rings is 1. The van der Waals surface area contributed by atoms with Crippen molar-refractivity contribution in [3.05, 3.63) is 48.0 Å². The molecule has 9 atom stereocenters. The number of amides is 9. The molecule has 2 rings (SSSR count). The van der Waals surface area contributed by atoms with Gasteiger partial charge in [0.2, 0.25) is 53.2 Å². The third-order valence-corrected chi connectivity index (χ3v) is 10.5. The molecule has 0 unspecified atom stereocenters. The van der Waals surface area contributed by atoms with Gasteiger partial charge in [0.1, 0.15) is 42.0 Å². The fourth-order valence-electron chi connectivity index (χ4n) is 6.45. The van der Waals surface area contributed by atoms with E-state index in [1.165, 1.54) is 36.8 Å². The van der Waals surface area contributed by atoms with Gasteiger partial charge in [0, 0.05) is 24.7 Å². The lowest BCUT2D eigenvalue weighted by molar-refractivity contribution is -0.144. The number of carbonyl (C=O) groups excluding carboxylic acids is 9. The Bertz CT molecular complexity index is 2090. The highest BCUT2D eigenvalue weighted by atomic mass is 16.4. The van der Waals surface area contributed by atoms with Gasteiger partial charge >= 0.3 is 5.97 Å². The molecule has 0 aliphatic rings. The summed E-state index contributed by atoms with van der Waals surface area (Å²) in [5.74, 6) is -10.6. The molecule has 9 amide bonds. The number of aliphatic carboxylic acids is 1. The van der Waals surface area contributed by atoms with E-state index < -0.39 is 146 Å². The van der Waals surface area contributed by atoms with E-state index in [2.05, 4.69) is 57.8 Å². The van der Waals surface area contributed by atoms with E-state index in [4.69, 9.17) is 5.73 Å². The summed E-state index contributed by atoms with van der Waals surface area (Å²) in [5, 5.41) is 69.8. The van der Waals surface area contributed by atoms with Crippen LogP contribution in [-0.2, 0) is 60.8 Å². The maximum Gasteiger partial charge on any atom is 0.328 e. The number of hydrogen-bond donors (Lipinski definition) is 16. The number of aromatic nitrogens is 2. The van der Waals surface area contributed by atoms with E-state index >= 15 is 0 Å². The molecule has 0 fully saturated rings. The summed E-state index contributed by atoms with van der Waals surface area (Å²) in [6.45, 7) is 4.14. The van der Waals surface area contributed by atoms with Crippen LogP contribution in [0.1, 0.15) is 58.7 Å². The standard InChI is InChI=1S/C43H66N12O15/c1-6-22(4)35(42(68)47-17-34(62)54-36(23(5)58)43(69)70)55-41(67)31(19-57)53-38(64)27(11-21(2)3)51-39(65)29(13-25-15-45-20-48-25)49-33(61)16-46-37(63)28(12-24-7-9-26(59)10-8-24)52-40(66)30(18-56)50-32(60)14-44/h7-10,15,20-23,27-31,35-36,56-59H,6,11-14,16-19,44H2,1-5H3,(H,45,48)(H,46,63)(H,47,68)(H,49,61)(H,50,60)(H,51,65)(H,52,66)(H,53,64)(H,54,62)(H,55,67)(H,69,70)/t22-,23+,27-,28-,29-,30-,31-,35-,36-/m0/s1. The second kappa shape index (κ2) is 29.6. The molecule has 388 valence electrons. The smallest absolute Gasteiger partial charge is 0.328 e. The second-order valence-corrected chi connectivity index (χ2v) is 16.7. The normalized spacial score (nSPS) is 14.9. The molecule has 27 heteroatoms. The summed E-state index contributed by atoms with van der Waals surface area (Å²) < 4.78 is 0. The first-order chi connectivity index (χ1) is 33.0. The maximum atomic E-state index is 13.9. The van der Waals surface area contributed by atoms with Crippen LogP contribution in [0.15, 0.2) is 36.8 Å². The van der Waals surface area contributed by atoms with Crippen LogP contribution in [-0.4, -0.2) is 176 Å². The second-order valence-electron chi connectivity index (χ2n) is 16.7. The number of rotatable bonds is 30. The fraction of sp³-hybridized carbons (Fsp3) is 0.558. The Morgan fingerprint density at radius 3 is 1.66 bits per heavy atom. The van der Waals surface area contributed by atoms with Gasteiger partial charge in [0.25, 0.3) is 0 Å². The number of carboxylic acid groups (broad SMARTS) is 1. The third kappa shape index (κ3) is 20.2. The zero-order chi connectivity index (χ0) is 52.7. The van der Waals surface area contributed by atoms with Crippen molar-refractivity contribution in [2.24, 2.45) is 17.6 Å². The van der Waals surface area contributed by atoms with Crippen molar-refractivity contribution in [1.82, 2.24) is 57.8 Å². The number of nitrogens with two attached hydrogens (primary N) is 1. The van der Waals surface area contributed by atoms with Crippen LogP contribution in [0.5, 0.6) is 5.75 Å². The summed E-state index contributed by atoms with van der Waals surface area (Å²) in [5.41, 5.74) is 6.13. The van der Waals surface area contributed by atoms with Crippen molar-refractivity contribution in [1.29, 1.82) is 0 Å². The quantitative estimate of drug-likeness (QED) is 0.0346. The van der Waals surface area contributed by atoms with E-state index in [9.17, 15) is 73.5 Å². The van der Waals surface area contributed by atoms with E-state index in [1.807, 2.05) is 0 Å². The Morgan fingerprint density at radius 1 is 0.629 bits per heavy atom. The SMILES string of the molecule is CC[C@H](C)[C@H](NC(=O)[C@H](CO)NC(=O)[C@H](CC(C)C)NC(=O)[C@H](Cc1cnc[nH]1)NC(=O)CNC(=O)[C@H](Cc1ccc(O)cc1)NC(=O)[C@H](CO)NC(=O)CN)C(=O)NCC(=O)N[C@H](C(=O)O)[C@@H](C)O. The van der Waals surface area contributed by atoms with Crippen molar-refractivity contribution >= 4 is 59.1 Å². The molecule has 0 bridgehead atoms. The lowest BCUT2D eigenvalue weighted by atomic mass is 9.97. The lowest BCUT2D eigenvalue weighted by Gasteiger charge is -2.28. The number of aliphatic hydroxyl groups excluding tert-OH is 3. The summed E-state index contributed by atoms with van der Waals surface area (Å²) in [6.07, 6.45) is 1.16. The Kier molecular flexibility index (Phi) is 24.9. The molecule has 1 heterocycles. The molecule has 0 saturated heterocycles. The molecule has 0 radical (unpaired) electrons. The number of hydrogen-bond acceptors (Lipinski definition) is 16. The summed E-state index contributed by atoms with van der Waals surface area (Å²) in [6, 6.07) is -4.71. The molecule has 0 aliphatic heterocycles. The van der Waals surface area contributed by atoms with E-state index in [0.29, 0.717) is 17.7 Å². The molecule has 17 N–H and O–H groups in total. The molecule has 0 saturated carbocycles. The first-order valence-corrected chi connectivity index (χ1v) is 22.3. The van der Waals surface area contributed by atoms with Gasteiger partial charge in [0.15, 0.2) is 6.04 Å². The van der Waals surface area contributed by atoms with Gasteiger partial charge in [0.05, 0.1) is 45.3 Å². The molecule has 0 aliphatic carbocycles. The van der Waals surface area contributed by atoms with Crippen LogP contribution in [0.4, 0.5) is 0 Å². The molecule has 0 spiro atoms. The number of nitrogens with one attached hydrogen (secondary N) is 10. The Morgan fingerprint density at radius 2 is 1.13 bits per heavy atom. The van der Waals surface area contributed by atoms with Crippen LogP contribution >= 0.6 is 0 Å². The largest absolute Gasteiger partial charge is 0.508 e. The minimum Gasteiger partial charge on any atom is -0.508 e. The molecular weight excluding hydrogens is 925 g/mol. The molecule has 1 aromatic carbocycles. The van der Waals surface area contributed by atoms with E-state index in [1.54, 1.807) is 27.7 Å². The monoisotopic (exact) mass is 990 g/mol. The van der Waals surface area contributed by atoms with Crippen molar-refractivity contribution in [2.75, 3.05) is 32.8 Å². The topological polar surface area (TPSA) is 435 Å². The minimum atomic E-state index is -1.67. The zero-order valence-corrected chi connectivity index (χ0v) is 39.4. The van der Waals surface area contributed by atoms with Crippen LogP contribution in [0.3, 0.4) is 0 Å². The number of imidazole rings is 1. The van der Waals surface area contributed by atoms with Gasteiger partial charge in [-0.05, 0) is 42.9 Å². The molecule has 70 heavy (non-hydrogen) atoms. The number of aromatic hydroxyl groups is 1. The average Bonchev–Trinajstić information content (AvgIpc) is 3.84. The summed E-state index contributed by atoms with van der Waals surface area (Å²) in [4.78, 5) is 137. The third-order valence-electron chi connectivity index (χ3n) is 10.5. The number of carbonyl (C=O) groups is 10. The highest BCUT2D eigenvalue weighted by Crippen LogP contribution is 2.13. The highest BCUT2D eigenvalue weighted by molar-refractivity contribution is 5.97. The van der Waals surface area contributed by atoms with Gasteiger partial charge in [-0.3, -0.25) is 43.2 Å². The van der Waals surface area contributed by atoms with Gasteiger partial charge < -0.3 is 84.1 Å². The molecule has 27 nitrogen and oxygen atoms in total. The van der Waals surface area contributed by atoms with Crippen LogP contribution in [0, 0.1) is 11.8 Å². The molecular formula is C43H66N12O15. The van der Waals surface area contributed by atoms with Crippen molar-refractivity contribution in [3.8, 4) is 5.75 Å². The Hall–Kier alpha value is -7.23. The molecule has 2 aromatic rings. The number of phenolic OH excluding ortho intramolecular Hbond substituents is 1. The number of aliphatic hydroxyl groups is 3. The summed E-state index contributed by atoms with van der Waals surface area (Å²) >= 11 is 0. The Labute approximate surface area is 402 Å². The van der Waals surface area contributed by atoms with Gasteiger partial charge in [-0.1, -0.05) is 46.2 Å². The predicted octanol–water partition coefficient (Wildman–Crippen LogP) is -5.97. The van der Waals surface area contributed by atoms with E-state index in [0.717, 1.165) is 6.92 Å². The Balaban J connectivity index is 2.24. The number of phenols is 1. The van der Waals surface area contributed by atoms with Crippen LogP contribution in [0.25, 0.3) is 0 Å². The maximum absolute atomic E-state index is 13.9. The number of aromatic amines is 1. The van der Waals surface area contributed by atoms with Crippen LogP contribution < -0.4 is 53.6 Å². The fourth-order valence-corrected chi connectivity index (χ4v) is 6.45. The molecule has 1 aromatic heterocycles. The first-order valence-electron chi connectivity index (χ1n) is 22.3. The van der Waals surface area contributed by atoms with Gasteiger partial charge in [-0.15, -0.1) is 0 Å². The van der Waals surface area contributed by atoms with Crippen molar-refractivity contribution in [2.45, 2.75) is 109 Å². The van der Waals surface area contributed by atoms with E-state index in [-0.39, 0.29) is 30.9 Å². The first kappa shape index (κ1) is 58.9. The zero-order valence-electron chi connectivity index (χ0n) is 39.4. The van der Waals surface area contributed by atoms with Crippen molar-refractivity contribution < 1.29 is 73.5 Å². The average molecular weight is 991 g/mol. The van der Waals surface area contributed by atoms with Gasteiger partial charge in [-0.2, -0.15) is 0 Å². The van der Waals surface area contributed by atoms with Gasteiger partial charge in [-0.25, -0.2) is 9.78 Å². The predicted molar refractivity (Wildman–Crippen MR) is 245 cm³/mol. The number of nitrogens with zero attached hydrogens (tertiary/aromatic N) is 1. The summed E-state index contributed by atoms with van der Waals surface area (Å²) in [7, 11) is 0. The lowest BCUT2D eigenvalue weighted by Crippen LogP contribution is -2.60. The van der Waals surface area contributed by atoms with Crippen molar-refractivity contribution in [3.63, 3.8) is 0 Å². The minimum absolute atomic E-state index is 0.0168. The van der Waals surface area contributed by atoms with Crippen LogP contribution in [0.2, 0.25) is 0 Å². The highest BCUT2D eigenvalue weighted by Gasteiger charge is 2.34.